The van der Waals surface area contributed by atoms with Gasteiger partial charge in [-0.3, -0.25) is 9.09 Å². The number of aryl methyl sites for hydroxylation is 1. The summed E-state index contributed by atoms with van der Waals surface area (Å²) in [5, 5.41) is 0. The van der Waals surface area contributed by atoms with Gasteiger partial charge in [-0.25, -0.2) is 9.36 Å². The van der Waals surface area contributed by atoms with E-state index >= 15 is 0 Å². The van der Waals surface area contributed by atoms with Crippen molar-refractivity contribution in [3.05, 3.63) is 22.2 Å². The Morgan fingerprint density at radius 2 is 2.31 bits per heavy atom. The van der Waals surface area contributed by atoms with Crippen LogP contribution in [0.15, 0.2) is 11.0 Å². The molecule has 0 amide bonds. The molecule has 0 saturated carbocycles. The summed E-state index contributed by atoms with van der Waals surface area (Å²) in [5.74, 6) is 0.0866. The largest absolute Gasteiger partial charge is 0.780 e. The maximum Gasteiger partial charge on any atom is 0.386 e. The topological polar surface area (TPSA) is 158 Å². The van der Waals surface area contributed by atoms with E-state index in [1.165, 1.54) is 10.8 Å². The summed E-state index contributed by atoms with van der Waals surface area (Å²) in [6.07, 6.45) is -1.21. The number of nitrogen functional groups attached to an aromatic ring is 1. The first-order chi connectivity index (χ1) is 11.9. The molecule has 2 rings (SSSR count). The first kappa shape index (κ1) is 22.0. The molecule has 1 aromatic heterocycles. The lowest BCUT2D eigenvalue weighted by molar-refractivity contribution is -0.204. The standard InChI is InChI=1S/C11H19N3O8P2S2/c1-6-4-14(11(15)13-10(6)12)9-3-7(22-24(18,26)19-2)8(21-9)5-20-23(16,17)25/h4,7-9H,3,5H2,1-2H3,(H,18,26)(H2,12,13,15)(H2,16,17,25)/p-1/t7-,8-,9-,24?/m1/s1. The molecule has 11 nitrogen and oxygen atoms in total. The van der Waals surface area contributed by atoms with Crippen molar-refractivity contribution < 1.29 is 32.7 Å². The van der Waals surface area contributed by atoms with Gasteiger partial charge in [-0.15, -0.1) is 0 Å². The molecule has 0 spiro atoms. The number of rotatable bonds is 7. The van der Waals surface area contributed by atoms with Crippen LogP contribution in [0.3, 0.4) is 0 Å². The van der Waals surface area contributed by atoms with Gasteiger partial charge in [0.25, 0.3) is 0 Å². The number of ether oxygens (including phenoxy) is 1. The lowest BCUT2D eigenvalue weighted by Gasteiger charge is -2.25. The van der Waals surface area contributed by atoms with E-state index in [2.05, 4.69) is 33.6 Å². The predicted molar refractivity (Wildman–Crippen MR) is 97.1 cm³/mol. The molecule has 1 fully saturated rings. The monoisotopic (exact) mass is 446 g/mol. The Kier molecular flexibility index (Phi) is 7.06. The number of thiol groups is 1. The van der Waals surface area contributed by atoms with Crippen LogP contribution in [0.2, 0.25) is 0 Å². The van der Waals surface area contributed by atoms with Gasteiger partial charge in [-0.05, 0) is 6.92 Å². The summed E-state index contributed by atoms with van der Waals surface area (Å²) in [6, 6.07) is 0. The zero-order valence-electron chi connectivity index (χ0n) is 13.8. The first-order valence-corrected chi connectivity index (χ1v) is 12.5. The van der Waals surface area contributed by atoms with Gasteiger partial charge in [0, 0.05) is 25.3 Å². The fraction of sp³-hybridized carbons (Fsp3) is 0.636. The van der Waals surface area contributed by atoms with E-state index in [-0.39, 0.29) is 12.2 Å². The molecule has 1 aromatic rings. The van der Waals surface area contributed by atoms with Crippen LogP contribution >= 0.6 is 25.8 Å². The Hall–Kier alpha value is -0.330. The van der Waals surface area contributed by atoms with Crippen LogP contribution in [0, 0.1) is 6.92 Å². The highest BCUT2D eigenvalue weighted by atomic mass is 32.7. The number of aromatic nitrogens is 2. The van der Waals surface area contributed by atoms with Gasteiger partial charge in [0.2, 0.25) is 0 Å². The Labute approximate surface area is 159 Å². The minimum Gasteiger partial charge on any atom is -0.780 e. The fourth-order valence-corrected chi connectivity index (χ4v) is 3.83. The molecule has 2 unspecified atom stereocenters. The maximum atomic E-state index is 12.1. The number of anilines is 1. The van der Waals surface area contributed by atoms with Crippen molar-refractivity contribution in [2.75, 3.05) is 19.5 Å². The third-order valence-electron chi connectivity index (χ3n) is 3.57. The normalized spacial score (nSPS) is 27.8. The molecule has 148 valence electrons. The van der Waals surface area contributed by atoms with Crippen LogP contribution in [-0.2, 0) is 34.7 Å². The van der Waals surface area contributed by atoms with E-state index in [1.54, 1.807) is 6.92 Å². The molecular weight excluding hydrogens is 428 g/mol. The minimum absolute atomic E-state index is 0.0556. The van der Waals surface area contributed by atoms with Crippen molar-refractivity contribution in [1.82, 2.24) is 9.55 Å². The average Bonchev–Trinajstić information content (AvgIpc) is 2.90. The first-order valence-electron chi connectivity index (χ1n) is 7.18. The quantitative estimate of drug-likeness (QED) is 0.385. The van der Waals surface area contributed by atoms with E-state index < -0.39 is 44.2 Å². The van der Waals surface area contributed by atoms with Crippen LogP contribution in [-0.4, -0.2) is 40.4 Å². The Bertz CT molecular complexity index is 815. The second-order valence-electron chi connectivity index (χ2n) is 5.42. The molecule has 1 saturated heterocycles. The molecule has 3 N–H and O–H groups in total. The van der Waals surface area contributed by atoms with E-state index in [0.29, 0.717) is 5.56 Å². The van der Waals surface area contributed by atoms with Crippen molar-refractivity contribution in [2.24, 2.45) is 0 Å². The lowest BCUT2D eigenvalue weighted by Crippen LogP contribution is -2.29. The molecule has 0 aliphatic carbocycles. The molecule has 1 aliphatic heterocycles. The highest BCUT2D eigenvalue weighted by Gasteiger charge is 2.41. The van der Waals surface area contributed by atoms with E-state index in [0.717, 1.165) is 7.11 Å². The SMILES string of the molecule is COP(=O)(S)O[C@@H]1C[C@H](n2cc(C)c(N)nc2=O)O[C@@H]1COP([O-])(O)=S. The van der Waals surface area contributed by atoms with Crippen LogP contribution in [0.5, 0.6) is 0 Å². The zero-order chi connectivity index (χ0) is 19.7. The molecular formula is C11H18N3O8P2S2-. The number of hydrogen-bond acceptors (Lipinski definition) is 10. The van der Waals surface area contributed by atoms with Gasteiger partial charge in [0.1, 0.15) is 31.0 Å². The van der Waals surface area contributed by atoms with Gasteiger partial charge < -0.3 is 29.3 Å². The zero-order valence-corrected chi connectivity index (χ0v) is 17.3. The molecule has 0 aromatic carbocycles. The van der Waals surface area contributed by atoms with Gasteiger partial charge in [-0.2, -0.15) is 4.98 Å². The molecule has 15 heteroatoms. The summed E-state index contributed by atoms with van der Waals surface area (Å²) in [5.41, 5.74) is 5.49. The average molecular weight is 446 g/mol. The summed E-state index contributed by atoms with van der Waals surface area (Å²) in [4.78, 5) is 36.1. The van der Waals surface area contributed by atoms with Gasteiger partial charge >= 0.3 is 12.5 Å². The Balaban J connectivity index is 2.26. The number of hydrogen-bond donors (Lipinski definition) is 3. The summed E-state index contributed by atoms with van der Waals surface area (Å²) in [7, 11) is 1.15. The summed E-state index contributed by atoms with van der Waals surface area (Å²) >= 11 is 8.07. The van der Waals surface area contributed by atoms with Gasteiger partial charge in [-0.1, -0.05) is 24.1 Å². The fourth-order valence-electron chi connectivity index (χ4n) is 2.30. The molecule has 0 bridgehead atoms. The van der Waals surface area contributed by atoms with E-state index in [1.807, 2.05) is 0 Å². The van der Waals surface area contributed by atoms with Gasteiger partial charge in [0.15, 0.2) is 0 Å². The predicted octanol–water partition coefficient (Wildman–Crippen LogP) is 0.0846. The third-order valence-corrected chi connectivity index (χ3v) is 6.13. The highest BCUT2D eigenvalue weighted by molar-refractivity contribution is 8.44. The molecule has 0 radical (unpaired) electrons. The Morgan fingerprint density at radius 3 is 2.88 bits per heavy atom. The number of nitrogens with two attached hydrogens (primary N) is 1. The second kappa shape index (κ2) is 8.36. The second-order valence-corrected chi connectivity index (χ2v) is 11.0. The molecule has 5 atom stereocenters. The Morgan fingerprint density at radius 1 is 1.65 bits per heavy atom. The highest BCUT2D eigenvalue weighted by Crippen LogP contribution is 2.55. The van der Waals surface area contributed by atoms with Crippen molar-refractivity contribution in [3.63, 3.8) is 0 Å². The molecule has 1 aliphatic rings. The van der Waals surface area contributed by atoms with E-state index in [4.69, 9.17) is 24.4 Å². The third kappa shape index (κ3) is 5.83. The van der Waals surface area contributed by atoms with Crippen LogP contribution in [0.4, 0.5) is 5.82 Å². The van der Waals surface area contributed by atoms with E-state index in [9.17, 15) is 14.3 Å². The van der Waals surface area contributed by atoms with Gasteiger partial charge in [0.05, 0.1) is 6.61 Å². The van der Waals surface area contributed by atoms with Crippen molar-refractivity contribution in [3.8, 4) is 0 Å². The summed E-state index contributed by atoms with van der Waals surface area (Å²) in [6.45, 7) is -6.64. The molecule has 26 heavy (non-hydrogen) atoms. The minimum atomic E-state index is -4.19. The van der Waals surface area contributed by atoms with Crippen molar-refractivity contribution in [2.45, 2.75) is 31.8 Å². The van der Waals surface area contributed by atoms with Crippen LogP contribution in [0.1, 0.15) is 18.2 Å². The van der Waals surface area contributed by atoms with Crippen molar-refractivity contribution in [1.29, 1.82) is 0 Å². The maximum absolute atomic E-state index is 12.1. The van der Waals surface area contributed by atoms with Crippen LogP contribution < -0.4 is 16.3 Å². The smallest absolute Gasteiger partial charge is 0.386 e. The number of nitrogens with zero attached hydrogens (tertiary/aromatic N) is 2. The molecule has 2 heterocycles. The lowest BCUT2D eigenvalue weighted by atomic mass is 10.2. The van der Waals surface area contributed by atoms with Crippen LogP contribution in [0.25, 0.3) is 0 Å². The summed E-state index contributed by atoms with van der Waals surface area (Å²) < 4.78 is 33.5. The van der Waals surface area contributed by atoms with Crippen molar-refractivity contribution >= 4 is 43.4 Å².